The summed E-state index contributed by atoms with van der Waals surface area (Å²) in [5.74, 6) is 0. The first kappa shape index (κ1) is 21.2. The molecule has 0 atom stereocenters. The highest BCUT2D eigenvalue weighted by Gasteiger charge is 2.27. The van der Waals surface area contributed by atoms with Crippen LogP contribution in [0.25, 0.3) is 44.3 Å². The minimum Gasteiger partial charge on any atom is -0.454 e. The van der Waals surface area contributed by atoms with Crippen molar-refractivity contribution in [2.24, 2.45) is 7.05 Å². The third-order valence-corrected chi connectivity index (χ3v) is 7.57. The van der Waals surface area contributed by atoms with Crippen LogP contribution in [0, 0.1) is 6.92 Å². The van der Waals surface area contributed by atoms with Crippen molar-refractivity contribution in [2.45, 2.75) is 52.4 Å². The van der Waals surface area contributed by atoms with Crippen molar-refractivity contribution in [1.82, 2.24) is 0 Å². The van der Waals surface area contributed by atoms with Gasteiger partial charge in [0.15, 0.2) is 6.20 Å². The molecule has 0 radical (unpaired) electrons. The maximum atomic E-state index is 6.80. The molecule has 0 N–H and O–H groups in total. The van der Waals surface area contributed by atoms with E-state index >= 15 is 0 Å². The Balaban J connectivity index is 1.65. The van der Waals surface area contributed by atoms with E-state index in [2.05, 4.69) is 106 Å². The summed E-state index contributed by atoms with van der Waals surface area (Å²) in [6, 6.07) is 22.1. The third-order valence-electron chi connectivity index (χ3n) is 7.57. The van der Waals surface area contributed by atoms with Crippen molar-refractivity contribution in [1.29, 1.82) is 0 Å². The minimum atomic E-state index is 0.163. The quantitative estimate of drug-likeness (QED) is 0.252. The molecule has 2 aromatic heterocycles. The summed E-state index contributed by atoms with van der Waals surface area (Å²) < 4.78 is 8.98. The number of aromatic nitrogens is 1. The Morgan fingerprint density at radius 2 is 1.56 bits per heavy atom. The second-order valence-electron chi connectivity index (χ2n) is 10.8. The highest BCUT2D eigenvalue weighted by molar-refractivity contribution is 6.13. The van der Waals surface area contributed by atoms with Gasteiger partial charge in [-0.1, -0.05) is 63.2 Å². The van der Waals surface area contributed by atoms with Crippen molar-refractivity contribution in [3.8, 4) is 22.4 Å². The number of furan rings is 1. The van der Waals surface area contributed by atoms with Gasteiger partial charge in [0, 0.05) is 28.5 Å². The molecule has 1 aliphatic rings. The van der Waals surface area contributed by atoms with Crippen LogP contribution in [0.4, 0.5) is 0 Å². The Morgan fingerprint density at radius 1 is 0.765 bits per heavy atom. The Hall–Kier alpha value is -3.39. The lowest BCUT2D eigenvalue weighted by Gasteiger charge is -2.24. The Morgan fingerprint density at radius 3 is 2.35 bits per heavy atom. The van der Waals surface area contributed by atoms with Gasteiger partial charge in [0.25, 0.3) is 0 Å². The Labute approximate surface area is 201 Å². The molecule has 0 spiro atoms. The van der Waals surface area contributed by atoms with E-state index in [0.717, 1.165) is 17.6 Å². The van der Waals surface area contributed by atoms with Crippen molar-refractivity contribution in [3.63, 3.8) is 0 Å². The van der Waals surface area contributed by atoms with Gasteiger partial charge in [0.2, 0.25) is 5.69 Å². The van der Waals surface area contributed by atoms with E-state index in [1.807, 2.05) is 0 Å². The molecule has 0 amide bonds. The Bertz CT molecular complexity index is 1580. The topological polar surface area (TPSA) is 17.0 Å². The molecule has 34 heavy (non-hydrogen) atoms. The SMILES string of the molecule is Cc1ccc2c(oc3c(-c4ccc(C(C)(C)C)c5c4CCC5)cccc32)c1-c1cccc[n+]1C. The van der Waals surface area contributed by atoms with Crippen LogP contribution in [0.5, 0.6) is 0 Å². The zero-order chi connectivity index (χ0) is 23.6. The summed E-state index contributed by atoms with van der Waals surface area (Å²) in [4.78, 5) is 0. The van der Waals surface area contributed by atoms with E-state index in [4.69, 9.17) is 4.42 Å². The molecule has 2 nitrogen and oxygen atoms in total. The van der Waals surface area contributed by atoms with Gasteiger partial charge < -0.3 is 4.42 Å². The largest absolute Gasteiger partial charge is 0.454 e. The molecule has 0 saturated carbocycles. The number of nitrogens with zero attached hydrogens (tertiary/aromatic N) is 1. The van der Waals surface area contributed by atoms with Gasteiger partial charge in [-0.25, -0.2) is 4.57 Å². The number of hydrogen-bond donors (Lipinski definition) is 0. The van der Waals surface area contributed by atoms with Gasteiger partial charge in [-0.3, -0.25) is 0 Å². The summed E-state index contributed by atoms with van der Waals surface area (Å²) >= 11 is 0. The van der Waals surface area contributed by atoms with Gasteiger partial charge in [-0.2, -0.15) is 0 Å². The van der Waals surface area contributed by atoms with Crippen LogP contribution < -0.4 is 4.57 Å². The molecule has 170 valence electrons. The van der Waals surface area contributed by atoms with Gasteiger partial charge in [0.1, 0.15) is 18.2 Å². The van der Waals surface area contributed by atoms with Crippen LogP contribution >= 0.6 is 0 Å². The first-order chi connectivity index (χ1) is 16.3. The highest BCUT2D eigenvalue weighted by atomic mass is 16.3. The monoisotopic (exact) mass is 446 g/mol. The first-order valence-corrected chi connectivity index (χ1v) is 12.4. The summed E-state index contributed by atoms with van der Waals surface area (Å²) in [6.07, 6.45) is 5.66. The summed E-state index contributed by atoms with van der Waals surface area (Å²) in [6.45, 7) is 9.16. The van der Waals surface area contributed by atoms with Crippen molar-refractivity contribution in [2.75, 3.05) is 0 Å². The predicted octanol–water partition coefficient (Wildman–Crippen LogP) is 7.84. The minimum absolute atomic E-state index is 0.163. The van der Waals surface area contributed by atoms with E-state index in [1.54, 1.807) is 5.56 Å². The van der Waals surface area contributed by atoms with Gasteiger partial charge in [-0.15, -0.1) is 0 Å². The molecule has 2 heterocycles. The van der Waals surface area contributed by atoms with Crippen molar-refractivity contribution in [3.05, 3.63) is 89.1 Å². The van der Waals surface area contributed by atoms with E-state index in [1.165, 1.54) is 62.7 Å². The molecule has 0 unspecified atom stereocenters. The smallest absolute Gasteiger partial charge is 0.216 e. The fourth-order valence-electron chi connectivity index (χ4n) is 5.93. The highest BCUT2D eigenvalue weighted by Crippen LogP contribution is 2.44. The first-order valence-electron chi connectivity index (χ1n) is 12.4. The summed E-state index contributed by atoms with van der Waals surface area (Å²) in [5, 5.41) is 2.38. The molecule has 3 aromatic carbocycles. The van der Waals surface area contributed by atoms with Gasteiger partial charge in [-0.05, 0) is 65.5 Å². The maximum Gasteiger partial charge on any atom is 0.216 e. The van der Waals surface area contributed by atoms with Gasteiger partial charge >= 0.3 is 0 Å². The third kappa shape index (κ3) is 3.12. The normalized spacial score (nSPS) is 13.7. The second kappa shape index (κ2) is 7.56. The van der Waals surface area contributed by atoms with Crippen LogP contribution in [0.15, 0.2) is 71.3 Å². The van der Waals surface area contributed by atoms with E-state index in [9.17, 15) is 0 Å². The standard InChI is InChI=1S/C32H32NO/c1-20-15-16-26-25-13-9-12-24(22-17-18-27(32(2,3)4)23-11-8-10-21(22)23)30(25)34-31(26)29(20)28-14-6-7-19-33(28)5/h6-7,9,12-19H,8,10-11H2,1-5H3/q+1. The fraction of sp³-hybridized carbons (Fsp3) is 0.281. The van der Waals surface area contributed by atoms with Crippen molar-refractivity contribution >= 4 is 21.9 Å². The number of hydrogen-bond acceptors (Lipinski definition) is 1. The van der Waals surface area contributed by atoms with Crippen LogP contribution in [0.2, 0.25) is 0 Å². The summed E-state index contributed by atoms with van der Waals surface area (Å²) in [5.41, 5.74) is 12.8. The number of rotatable bonds is 2. The van der Waals surface area contributed by atoms with E-state index in [-0.39, 0.29) is 5.41 Å². The molecule has 0 aliphatic heterocycles. The van der Waals surface area contributed by atoms with E-state index in [0.29, 0.717) is 0 Å². The lowest BCUT2D eigenvalue weighted by Crippen LogP contribution is -2.30. The molecule has 1 aliphatic carbocycles. The molecule has 0 fully saturated rings. The number of pyridine rings is 1. The maximum absolute atomic E-state index is 6.80. The lowest BCUT2D eigenvalue weighted by atomic mass is 9.80. The molecule has 2 heteroatoms. The average Bonchev–Trinajstić information content (AvgIpc) is 3.43. The van der Waals surface area contributed by atoms with Crippen LogP contribution in [0.1, 0.15) is 49.4 Å². The predicted molar refractivity (Wildman–Crippen MR) is 141 cm³/mol. The number of aryl methyl sites for hydroxylation is 2. The number of fused-ring (bicyclic) bond motifs is 4. The van der Waals surface area contributed by atoms with E-state index < -0.39 is 0 Å². The fourth-order valence-corrected chi connectivity index (χ4v) is 5.93. The molecule has 0 bridgehead atoms. The average molecular weight is 447 g/mol. The number of para-hydroxylation sites is 1. The lowest BCUT2D eigenvalue weighted by molar-refractivity contribution is -0.660. The molecule has 6 rings (SSSR count). The second-order valence-corrected chi connectivity index (χ2v) is 10.8. The molecular formula is C32H32NO+. The van der Waals surface area contributed by atoms with Crippen molar-refractivity contribution < 1.29 is 8.98 Å². The summed E-state index contributed by atoms with van der Waals surface area (Å²) in [7, 11) is 2.10. The van der Waals surface area contributed by atoms with Crippen LogP contribution in [-0.4, -0.2) is 0 Å². The van der Waals surface area contributed by atoms with Crippen LogP contribution in [-0.2, 0) is 25.3 Å². The zero-order valence-electron chi connectivity index (χ0n) is 20.8. The molecule has 5 aromatic rings. The van der Waals surface area contributed by atoms with Gasteiger partial charge in [0.05, 0.1) is 5.56 Å². The van der Waals surface area contributed by atoms with Crippen LogP contribution in [0.3, 0.4) is 0 Å². The zero-order valence-corrected chi connectivity index (χ0v) is 20.8. The Kier molecular flexibility index (Phi) is 4.71. The molecule has 0 saturated heterocycles. The molecular weight excluding hydrogens is 414 g/mol. The number of benzene rings is 3.